The highest BCUT2D eigenvalue weighted by atomic mass is 16.5. The number of ether oxygens (including phenoxy) is 1. The summed E-state index contributed by atoms with van der Waals surface area (Å²) in [5.41, 5.74) is 1.23. The van der Waals surface area contributed by atoms with Crippen molar-refractivity contribution >= 4 is 5.91 Å². The molecule has 0 unspecified atom stereocenters. The average molecular weight is 237 g/mol. The number of aliphatic hydroxyl groups excluding tert-OH is 1. The van der Waals surface area contributed by atoms with Crippen molar-refractivity contribution in [2.75, 3.05) is 13.2 Å². The molecule has 94 valence electrons. The van der Waals surface area contributed by atoms with E-state index in [-0.39, 0.29) is 25.2 Å². The number of carbonyl (C=O) groups is 1. The summed E-state index contributed by atoms with van der Waals surface area (Å²) in [5.74, 6) is 0.445. The van der Waals surface area contributed by atoms with E-state index in [1.54, 1.807) is 6.92 Å². The standard InChI is InChI=1S/C13H19NO3/c1-3-11-4-6-12(7-5-11)17-9-13(16)14-10(2)8-15/h4-7,10,15H,3,8-9H2,1-2H3,(H,14,16)/t10-/m1/s1. The molecule has 0 spiro atoms. The monoisotopic (exact) mass is 237 g/mol. The molecular weight excluding hydrogens is 218 g/mol. The Bertz CT molecular complexity index is 348. The van der Waals surface area contributed by atoms with Crippen LogP contribution < -0.4 is 10.1 Å². The molecule has 0 aliphatic rings. The van der Waals surface area contributed by atoms with Crippen LogP contribution in [0.15, 0.2) is 24.3 Å². The van der Waals surface area contributed by atoms with Gasteiger partial charge in [-0.3, -0.25) is 4.79 Å². The van der Waals surface area contributed by atoms with Gasteiger partial charge in [0.25, 0.3) is 5.91 Å². The number of aliphatic hydroxyl groups is 1. The number of aryl methyl sites for hydroxylation is 1. The van der Waals surface area contributed by atoms with Gasteiger partial charge in [0.15, 0.2) is 6.61 Å². The minimum atomic E-state index is -0.242. The third kappa shape index (κ3) is 4.87. The Morgan fingerprint density at radius 1 is 1.41 bits per heavy atom. The van der Waals surface area contributed by atoms with Crippen LogP contribution in [0.3, 0.4) is 0 Å². The summed E-state index contributed by atoms with van der Waals surface area (Å²) >= 11 is 0. The van der Waals surface area contributed by atoms with Crippen molar-refractivity contribution in [3.05, 3.63) is 29.8 Å². The van der Waals surface area contributed by atoms with E-state index in [2.05, 4.69) is 12.2 Å². The van der Waals surface area contributed by atoms with Gasteiger partial charge in [-0.15, -0.1) is 0 Å². The van der Waals surface area contributed by atoms with E-state index in [0.29, 0.717) is 5.75 Å². The number of hydrogen-bond donors (Lipinski definition) is 2. The fraction of sp³-hybridized carbons (Fsp3) is 0.462. The van der Waals surface area contributed by atoms with E-state index in [4.69, 9.17) is 9.84 Å². The molecule has 4 heteroatoms. The Hall–Kier alpha value is -1.55. The number of hydrogen-bond acceptors (Lipinski definition) is 3. The van der Waals surface area contributed by atoms with Gasteiger partial charge in [0.2, 0.25) is 0 Å². The molecule has 0 aliphatic heterocycles. The Balaban J connectivity index is 2.36. The molecule has 0 bridgehead atoms. The van der Waals surface area contributed by atoms with Gasteiger partial charge in [-0.2, -0.15) is 0 Å². The smallest absolute Gasteiger partial charge is 0.258 e. The molecular formula is C13H19NO3. The SMILES string of the molecule is CCc1ccc(OCC(=O)N[C@H](C)CO)cc1. The Morgan fingerprint density at radius 3 is 2.59 bits per heavy atom. The number of nitrogens with one attached hydrogen (secondary N) is 1. The van der Waals surface area contributed by atoms with Gasteiger partial charge in [-0.1, -0.05) is 19.1 Å². The van der Waals surface area contributed by atoms with Crippen molar-refractivity contribution in [2.45, 2.75) is 26.3 Å². The second-order valence-electron chi connectivity index (χ2n) is 3.94. The van der Waals surface area contributed by atoms with Crippen molar-refractivity contribution in [2.24, 2.45) is 0 Å². The molecule has 0 aliphatic carbocycles. The zero-order valence-corrected chi connectivity index (χ0v) is 10.3. The van der Waals surface area contributed by atoms with Crippen molar-refractivity contribution < 1.29 is 14.6 Å². The highest BCUT2D eigenvalue weighted by Crippen LogP contribution is 2.12. The maximum Gasteiger partial charge on any atom is 0.258 e. The van der Waals surface area contributed by atoms with Gasteiger partial charge >= 0.3 is 0 Å². The first-order valence-electron chi connectivity index (χ1n) is 5.77. The molecule has 0 saturated heterocycles. The normalized spacial score (nSPS) is 11.9. The molecule has 17 heavy (non-hydrogen) atoms. The Morgan fingerprint density at radius 2 is 2.06 bits per heavy atom. The van der Waals surface area contributed by atoms with E-state index in [9.17, 15) is 4.79 Å². The van der Waals surface area contributed by atoms with Crippen LogP contribution in [0.2, 0.25) is 0 Å². The van der Waals surface area contributed by atoms with Crippen molar-refractivity contribution in [3.8, 4) is 5.75 Å². The molecule has 1 amide bonds. The Labute approximate surface area is 102 Å². The van der Waals surface area contributed by atoms with Crippen molar-refractivity contribution in [1.82, 2.24) is 5.32 Å². The molecule has 0 radical (unpaired) electrons. The fourth-order valence-electron chi connectivity index (χ4n) is 1.33. The van der Waals surface area contributed by atoms with Gasteiger partial charge in [-0.25, -0.2) is 0 Å². The highest BCUT2D eigenvalue weighted by molar-refractivity contribution is 5.77. The summed E-state index contributed by atoms with van der Waals surface area (Å²) in [6.07, 6.45) is 0.981. The lowest BCUT2D eigenvalue weighted by Gasteiger charge is -2.11. The summed E-state index contributed by atoms with van der Waals surface area (Å²) in [4.78, 5) is 11.4. The first kappa shape index (κ1) is 13.5. The summed E-state index contributed by atoms with van der Waals surface area (Å²) in [6.45, 7) is 3.71. The van der Waals surface area contributed by atoms with Crippen LogP contribution in [0.5, 0.6) is 5.75 Å². The predicted octanol–water partition coefficient (Wildman–Crippen LogP) is 1.12. The second kappa shape index (κ2) is 6.91. The molecule has 0 saturated carbocycles. The third-order valence-corrected chi connectivity index (χ3v) is 2.38. The van der Waals surface area contributed by atoms with Gasteiger partial charge in [0, 0.05) is 6.04 Å². The maximum atomic E-state index is 11.4. The zero-order valence-electron chi connectivity index (χ0n) is 10.3. The fourth-order valence-corrected chi connectivity index (χ4v) is 1.33. The van der Waals surface area contributed by atoms with Crippen LogP contribution in [0.4, 0.5) is 0 Å². The topological polar surface area (TPSA) is 58.6 Å². The van der Waals surface area contributed by atoms with E-state index >= 15 is 0 Å². The van der Waals surface area contributed by atoms with Gasteiger partial charge in [0.05, 0.1) is 6.61 Å². The Kier molecular flexibility index (Phi) is 5.49. The first-order valence-corrected chi connectivity index (χ1v) is 5.77. The molecule has 1 atom stereocenters. The molecule has 1 rings (SSSR count). The lowest BCUT2D eigenvalue weighted by molar-refractivity contribution is -0.123. The zero-order chi connectivity index (χ0) is 12.7. The number of amides is 1. The molecule has 1 aromatic carbocycles. The molecule has 4 nitrogen and oxygen atoms in total. The second-order valence-corrected chi connectivity index (χ2v) is 3.94. The predicted molar refractivity (Wildman–Crippen MR) is 66.0 cm³/mol. The van der Waals surface area contributed by atoms with Crippen LogP contribution in [0, 0.1) is 0 Å². The lowest BCUT2D eigenvalue weighted by Crippen LogP contribution is -2.38. The first-order chi connectivity index (χ1) is 8.15. The minimum Gasteiger partial charge on any atom is -0.484 e. The largest absolute Gasteiger partial charge is 0.484 e. The molecule has 0 aromatic heterocycles. The van der Waals surface area contributed by atoms with Crippen molar-refractivity contribution in [1.29, 1.82) is 0 Å². The maximum absolute atomic E-state index is 11.4. The quantitative estimate of drug-likeness (QED) is 0.779. The van der Waals surface area contributed by atoms with Crippen LogP contribution in [-0.2, 0) is 11.2 Å². The highest BCUT2D eigenvalue weighted by Gasteiger charge is 2.06. The van der Waals surface area contributed by atoms with E-state index in [1.807, 2.05) is 24.3 Å². The molecule has 2 N–H and O–H groups in total. The molecule has 0 fully saturated rings. The van der Waals surface area contributed by atoms with Gasteiger partial charge in [0.1, 0.15) is 5.75 Å². The summed E-state index contributed by atoms with van der Waals surface area (Å²) in [6, 6.07) is 7.41. The summed E-state index contributed by atoms with van der Waals surface area (Å²) < 4.78 is 5.32. The van der Waals surface area contributed by atoms with E-state index in [1.165, 1.54) is 5.56 Å². The minimum absolute atomic E-state index is 0.0319. The van der Waals surface area contributed by atoms with E-state index in [0.717, 1.165) is 6.42 Å². The van der Waals surface area contributed by atoms with Crippen LogP contribution in [0.25, 0.3) is 0 Å². The van der Waals surface area contributed by atoms with Crippen LogP contribution in [0.1, 0.15) is 19.4 Å². The summed E-state index contributed by atoms with van der Waals surface area (Å²) in [7, 11) is 0. The average Bonchev–Trinajstić information content (AvgIpc) is 2.36. The van der Waals surface area contributed by atoms with Gasteiger partial charge < -0.3 is 15.2 Å². The van der Waals surface area contributed by atoms with Crippen LogP contribution >= 0.6 is 0 Å². The molecule has 1 aromatic rings. The van der Waals surface area contributed by atoms with Gasteiger partial charge in [-0.05, 0) is 31.0 Å². The summed E-state index contributed by atoms with van der Waals surface area (Å²) in [5, 5.41) is 11.4. The number of benzene rings is 1. The number of rotatable bonds is 6. The van der Waals surface area contributed by atoms with E-state index < -0.39 is 0 Å². The lowest BCUT2D eigenvalue weighted by atomic mass is 10.2. The number of carbonyl (C=O) groups excluding carboxylic acids is 1. The molecule has 0 heterocycles. The third-order valence-electron chi connectivity index (χ3n) is 2.38. The van der Waals surface area contributed by atoms with Crippen LogP contribution in [-0.4, -0.2) is 30.3 Å². The van der Waals surface area contributed by atoms with Crippen molar-refractivity contribution in [3.63, 3.8) is 0 Å².